The molecule has 1 N–H and O–H groups in total. The lowest BCUT2D eigenvalue weighted by Gasteiger charge is -2.15. The van der Waals surface area contributed by atoms with Crippen LogP contribution in [-0.2, 0) is 13.2 Å². The van der Waals surface area contributed by atoms with E-state index in [1.54, 1.807) is 0 Å². The van der Waals surface area contributed by atoms with Gasteiger partial charge in [0.25, 0.3) is 5.91 Å². The van der Waals surface area contributed by atoms with E-state index in [0.29, 0.717) is 18.8 Å². The molecule has 0 atom stereocenters. The van der Waals surface area contributed by atoms with Crippen molar-refractivity contribution in [1.82, 2.24) is 14.8 Å². The van der Waals surface area contributed by atoms with Gasteiger partial charge >= 0.3 is 0 Å². The van der Waals surface area contributed by atoms with Gasteiger partial charge in [0.05, 0.1) is 5.52 Å². The minimum Gasteiger partial charge on any atom is -0.488 e. The van der Waals surface area contributed by atoms with Crippen LogP contribution < -0.4 is 10.1 Å². The van der Waals surface area contributed by atoms with E-state index < -0.39 is 0 Å². The molecule has 0 bridgehead atoms. The number of ether oxygens (including phenoxy) is 1. The first-order valence-electron chi connectivity index (χ1n) is 11.1. The smallest absolute Gasteiger partial charge is 0.267 e. The molecule has 3 aromatic rings. The average Bonchev–Trinajstić information content (AvgIpc) is 3.42. The maximum atomic E-state index is 13.0. The Labute approximate surface area is 178 Å². The van der Waals surface area contributed by atoms with Crippen LogP contribution in [0.15, 0.2) is 54.6 Å². The minimum absolute atomic E-state index is 0.00661. The van der Waals surface area contributed by atoms with Crippen molar-refractivity contribution in [3.05, 3.63) is 65.9 Å². The molecule has 0 saturated carbocycles. The Hall–Kier alpha value is -2.79. The number of benzene rings is 2. The van der Waals surface area contributed by atoms with E-state index in [1.807, 2.05) is 36.4 Å². The van der Waals surface area contributed by atoms with Gasteiger partial charge in [0.2, 0.25) is 0 Å². The second-order valence-electron chi connectivity index (χ2n) is 7.95. The number of rotatable bonds is 9. The number of amides is 1. The quantitative estimate of drug-likeness (QED) is 0.572. The van der Waals surface area contributed by atoms with E-state index in [0.717, 1.165) is 54.8 Å². The molecule has 1 saturated heterocycles. The number of carbonyl (C=O) groups excluding carboxylic acids is 1. The number of carbonyl (C=O) groups is 1. The van der Waals surface area contributed by atoms with E-state index in [2.05, 4.69) is 39.9 Å². The highest BCUT2D eigenvalue weighted by atomic mass is 16.5. The third-order valence-electron chi connectivity index (χ3n) is 5.74. The molecule has 30 heavy (non-hydrogen) atoms. The Morgan fingerprint density at radius 2 is 1.83 bits per heavy atom. The van der Waals surface area contributed by atoms with Gasteiger partial charge in [-0.25, -0.2) is 0 Å². The van der Waals surface area contributed by atoms with Gasteiger partial charge < -0.3 is 19.5 Å². The molecule has 5 nitrogen and oxygen atoms in total. The number of hydrogen-bond acceptors (Lipinski definition) is 3. The summed E-state index contributed by atoms with van der Waals surface area (Å²) < 4.78 is 8.25. The molecule has 1 fully saturated rings. The molecule has 1 aliphatic rings. The molecule has 158 valence electrons. The van der Waals surface area contributed by atoms with Crippen molar-refractivity contribution in [1.29, 1.82) is 0 Å². The van der Waals surface area contributed by atoms with E-state index in [9.17, 15) is 4.79 Å². The van der Waals surface area contributed by atoms with Crippen LogP contribution in [0.1, 0.15) is 42.2 Å². The maximum absolute atomic E-state index is 13.0. The van der Waals surface area contributed by atoms with Crippen LogP contribution >= 0.6 is 0 Å². The molecule has 1 aliphatic heterocycles. The fourth-order valence-corrected chi connectivity index (χ4v) is 4.20. The highest BCUT2D eigenvalue weighted by Gasteiger charge is 2.18. The number of nitrogens with zero attached hydrogens (tertiary/aromatic N) is 2. The van der Waals surface area contributed by atoms with Crippen LogP contribution in [0.4, 0.5) is 0 Å². The number of aryl methyl sites for hydroxylation is 1. The van der Waals surface area contributed by atoms with Gasteiger partial charge in [-0.15, -0.1) is 0 Å². The zero-order chi connectivity index (χ0) is 20.8. The third-order valence-corrected chi connectivity index (χ3v) is 5.74. The number of fused-ring (bicyclic) bond motifs is 1. The SMILES string of the molecule is CCCn1c(C(=O)NCCN2CCCC2)cc2c(OCc3ccccc3)cccc21. The van der Waals surface area contributed by atoms with Gasteiger partial charge in [-0.1, -0.05) is 43.3 Å². The van der Waals surface area contributed by atoms with Crippen molar-refractivity contribution >= 4 is 16.8 Å². The highest BCUT2D eigenvalue weighted by Crippen LogP contribution is 2.30. The van der Waals surface area contributed by atoms with Crippen molar-refractivity contribution in [2.75, 3.05) is 26.2 Å². The molecule has 1 amide bonds. The van der Waals surface area contributed by atoms with E-state index in [4.69, 9.17) is 4.74 Å². The number of nitrogens with one attached hydrogen (secondary N) is 1. The summed E-state index contributed by atoms with van der Waals surface area (Å²) in [6.07, 6.45) is 3.50. The zero-order valence-electron chi connectivity index (χ0n) is 17.8. The lowest BCUT2D eigenvalue weighted by Crippen LogP contribution is -2.34. The lowest BCUT2D eigenvalue weighted by molar-refractivity contribution is 0.0941. The number of likely N-dealkylation sites (tertiary alicyclic amines) is 1. The molecule has 2 aromatic carbocycles. The summed E-state index contributed by atoms with van der Waals surface area (Å²) in [5, 5.41) is 4.11. The third kappa shape index (κ3) is 4.68. The van der Waals surface area contributed by atoms with Crippen molar-refractivity contribution in [2.24, 2.45) is 0 Å². The Kier molecular flexibility index (Phi) is 6.70. The monoisotopic (exact) mass is 405 g/mol. The van der Waals surface area contributed by atoms with E-state index in [1.165, 1.54) is 12.8 Å². The van der Waals surface area contributed by atoms with Crippen molar-refractivity contribution in [3.63, 3.8) is 0 Å². The predicted molar refractivity (Wildman–Crippen MR) is 121 cm³/mol. The van der Waals surface area contributed by atoms with Gasteiger partial charge in [0, 0.05) is 25.0 Å². The number of aromatic nitrogens is 1. The van der Waals surface area contributed by atoms with Gasteiger partial charge in [-0.2, -0.15) is 0 Å². The second-order valence-corrected chi connectivity index (χ2v) is 7.95. The molecule has 2 heterocycles. The Morgan fingerprint density at radius 1 is 1.03 bits per heavy atom. The largest absolute Gasteiger partial charge is 0.488 e. The van der Waals surface area contributed by atoms with Crippen molar-refractivity contribution < 1.29 is 9.53 Å². The van der Waals surface area contributed by atoms with Crippen molar-refractivity contribution in [2.45, 2.75) is 39.3 Å². The lowest BCUT2D eigenvalue weighted by atomic mass is 10.2. The molecule has 1 aromatic heterocycles. The molecule has 0 spiro atoms. The molecule has 0 radical (unpaired) electrons. The summed E-state index contributed by atoms with van der Waals surface area (Å²) in [5.74, 6) is 0.810. The van der Waals surface area contributed by atoms with Crippen LogP contribution in [0.3, 0.4) is 0 Å². The standard InChI is InChI=1S/C25H31N3O2/c1-2-14-28-22-11-8-12-24(30-19-20-9-4-3-5-10-20)21(22)18-23(28)25(29)26-13-17-27-15-6-7-16-27/h3-5,8-12,18H,2,6-7,13-17,19H2,1H3,(H,26,29). The van der Waals surface area contributed by atoms with Gasteiger partial charge in [0.1, 0.15) is 18.1 Å². The van der Waals surface area contributed by atoms with Gasteiger partial charge in [0.15, 0.2) is 0 Å². The first-order valence-corrected chi connectivity index (χ1v) is 11.1. The van der Waals surface area contributed by atoms with Gasteiger partial charge in [-0.05, 0) is 56.1 Å². The summed E-state index contributed by atoms with van der Waals surface area (Å²) in [6.45, 7) is 7.35. The van der Waals surface area contributed by atoms with E-state index >= 15 is 0 Å². The molecule has 5 heteroatoms. The summed E-state index contributed by atoms with van der Waals surface area (Å²) in [4.78, 5) is 15.4. The minimum atomic E-state index is -0.00661. The number of hydrogen-bond donors (Lipinski definition) is 1. The average molecular weight is 406 g/mol. The maximum Gasteiger partial charge on any atom is 0.267 e. The Morgan fingerprint density at radius 3 is 2.60 bits per heavy atom. The fourth-order valence-electron chi connectivity index (χ4n) is 4.20. The first-order chi connectivity index (χ1) is 14.8. The molecule has 4 rings (SSSR count). The second kappa shape index (κ2) is 9.81. The predicted octanol–water partition coefficient (Wildman–Crippen LogP) is 4.46. The summed E-state index contributed by atoms with van der Waals surface area (Å²) >= 11 is 0. The summed E-state index contributed by atoms with van der Waals surface area (Å²) in [5.41, 5.74) is 2.89. The highest BCUT2D eigenvalue weighted by molar-refractivity contribution is 6.00. The Balaban J connectivity index is 1.52. The molecular formula is C25H31N3O2. The molecular weight excluding hydrogens is 374 g/mol. The first kappa shape index (κ1) is 20.5. The Bertz CT molecular complexity index is 975. The molecule has 0 aliphatic carbocycles. The van der Waals surface area contributed by atoms with Gasteiger partial charge in [-0.3, -0.25) is 4.79 Å². The van der Waals surface area contributed by atoms with Crippen molar-refractivity contribution in [3.8, 4) is 5.75 Å². The normalized spacial score (nSPS) is 14.3. The summed E-state index contributed by atoms with van der Waals surface area (Å²) in [7, 11) is 0. The van der Waals surface area contributed by atoms with Crippen LogP contribution in [-0.4, -0.2) is 41.6 Å². The van der Waals surface area contributed by atoms with Crippen LogP contribution in [0.2, 0.25) is 0 Å². The van der Waals surface area contributed by atoms with Crippen LogP contribution in [0, 0.1) is 0 Å². The van der Waals surface area contributed by atoms with E-state index in [-0.39, 0.29) is 5.91 Å². The zero-order valence-corrected chi connectivity index (χ0v) is 17.8. The van der Waals surface area contributed by atoms with Crippen LogP contribution in [0.5, 0.6) is 5.75 Å². The fraction of sp³-hybridized carbons (Fsp3) is 0.400. The topological polar surface area (TPSA) is 46.5 Å². The molecule has 0 unspecified atom stereocenters. The van der Waals surface area contributed by atoms with Crippen LogP contribution in [0.25, 0.3) is 10.9 Å². The summed E-state index contributed by atoms with van der Waals surface area (Å²) in [6, 6.07) is 18.2.